The van der Waals surface area contributed by atoms with Crippen LogP contribution in [0.3, 0.4) is 0 Å². The number of nitrogens with one attached hydrogen (secondary N) is 1. The highest BCUT2D eigenvalue weighted by atomic mass is 16.2. The van der Waals surface area contributed by atoms with Crippen molar-refractivity contribution in [3.05, 3.63) is 71.4 Å². The Bertz CT molecular complexity index is 1620. The van der Waals surface area contributed by atoms with Gasteiger partial charge in [-0.1, -0.05) is 18.7 Å². The van der Waals surface area contributed by atoms with E-state index in [1.807, 2.05) is 54.0 Å². The summed E-state index contributed by atoms with van der Waals surface area (Å²) in [4.78, 5) is 41.9. The number of aromatic nitrogens is 5. The van der Waals surface area contributed by atoms with Gasteiger partial charge in [-0.05, 0) is 37.7 Å². The molecule has 0 spiro atoms. The van der Waals surface area contributed by atoms with Gasteiger partial charge in [0.1, 0.15) is 11.3 Å². The van der Waals surface area contributed by atoms with E-state index in [1.165, 1.54) is 6.08 Å². The van der Waals surface area contributed by atoms with Gasteiger partial charge in [0.25, 0.3) is 11.5 Å². The molecule has 0 radical (unpaired) electrons. The van der Waals surface area contributed by atoms with Gasteiger partial charge in [-0.2, -0.15) is 10.1 Å². The predicted molar refractivity (Wildman–Crippen MR) is 148 cm³/mol. The highest BCUT2D eigenvalue weighted by molar-refractivity contribution is 6.05. The molecule has 0 fully saturated rings. The summed E-state index contributed by atoms with van der Waals surface area (Å²) in [6, 6.07) is 7.72. The van der Waals surface area contributed by atoms with Crippen molar-refractivity contribution in [1.29, 1.82) is 0 Å². The lowest BCUT2D eigenvalue weighted by atomic mass is 10.1. The summed E-state index contributed by atoms with van der Waals surface area (Å²) in [7, 11) is 2.04. The Hall–Kier alpha value is -4.51. The van der Waals surface area contributed by atoms with Crippen molar-refractivity contribution in [2.45, 2.75) is 20.0 Å². The number of benzene rings is 1. The summed E-state index contributed by atoms with van der Waals surface area (Å²) < 4.78 is 3.62. The first kappa shape index (κ1) is 23.9. The lowest BCUT2D eigenvalue weighted by molar-refractivity contribution is -0.114. The standard InChI is InChI=1S/C27H29N9O2/c1-4-23(37)35-13-12-34(21-7-5-6-18(2)24(21)35)22-14-19-15-28-27-30-20-16-29-33(17-20)10-8-32(3)9-11-36(26(22)38)25(19)31-27/h4-7,14-17H,1,8-13H2,2-3H3,(H,28,30,31). The van der Waals surface area contributed by atoms with Gasteiger partial charge in [-0.15, -0.1) is 0 Å². The number of hydrogen-bond donors (Lipinski definition) is 1. The molecule has 38 heavy (non-hydrogen) atoms. The molecule has 2 aliphatic rings. The molecule has 0 atom stereocenters. The number of anilines is 5. The average Bonchev–Trinajstić information content (AvgIpc) is 3.37. The highest BCUT2D eigenvalue weighted by Crippen LogP contribution is 2.39. The molecule has 3 aromatic heterocycles. The molecule has 1 aromatic carbocycles. The van der Waals surface area contributed by atoms with Gasteiger partial charge in [0.15, 0.2) is 0 Å². The molecule has 4 bridgehead atoms. The number of carbonyl (C=O) groups is 1. The van der Waals surface area contributed by atoms with Crippen molar-refractivity contribution < 1.29 is 4.79 Å². The third-order valence-electron chi connectivity index (χ3n) is 7.17. The van der Waals surface area contributed by atoms with Crippen LogP contribution in [0.4, 0.5) is 28.7 Å². The second kappa shape index (κ2) is 9.42. The largest absolute Gasteiger partial charge is 0.333 e. The van der Waals surface area contributed by atoms with E-state index in [4.69, 9.17) is 4.98 Å². The van der Waals surface area contributed by atoms with E-state index in [1.54, 1.807) is 21.9 Å². The summed E-state index contributed by atoms with van der Waals surface area (Å²) in [5, 5.41) is 8.37. The van der Waals surface area contributed by atoms with Crippen LogP contribution in [-0.2, 0) is 17.9 Å². The van der Waals surface area contributed by atoms with Crippen molar-refractivity contribution in [3.63, 3.8) is 0 Å². The molecule has 6 rings (SSSR count). The highest BCUT2D eigenvalue weighted by Gasteiger charge is 2.30. The van der Waals surface area contributed by atoms with E-state index in [0.29, 0.717) is 43.5 Å². The second-order valence-corrected chi connectivity index (χ2v) is 9.67. The first-order valence-electron chi connectivity index (χ1n) is 12.6. The maximum atomic E-state index is 14.1. The van der Waals surface area contributed by atoms with Gasteiger partial charge in [-0.3, -0.25) is 18.8 Å². The minimum absolute atomic E-state index is 0.132. The van der Waals surface area contributed by atoms with Crippen molar-refractivity contribution in [2.24, 2.45) is 0 Å². The quantitative estimate of drug-likeness (QED) is 0.410. The Morgan fingerprint density at radius 2 is 1.92 bits per heavy atom. The Morgan fingerprint density at radius 1 is 1.08 bits per heavy atom. The molecule has 0 aliphatic carbocycles. The van der Waals surface area contributed by atoms with Crippen LogP contribution in [0.5, 0.6) is 0 Å². The second-order valence-electron chi connectivity index (χ2n) is 9.67. The molecule has 11 nitrogen and oxygen atoms in total. The first-order chi connectivity index (χ1) is 18.4. The minimum Gasteiger partial charge on any atom is -0.333 e. The maximum Gasteiger partial charge on any atom is 0.276 e. The molecule has 0 saturated heterocycles. The number of amides is 1. The monoisotopic (exact) mass is 511 g/mol. The molecule has 0 unspecified atom stereocenters. The fraction of sp³-hybridized carbons (Fsp3) is 0.296. The van der Waals surface area contributed by atoms with E-state index in [0.717, 1.165) is 41.1 Å². The van der Waals surface area contributed by atoms with Crippen LogP contribution in [0.2, 0.25) is 0 Å². The van der Waals surface area contributed by atoms with Crippen LogP contribution in [0.1, 0.15) is 5.56 Å². The smallest absolute Gasteiger partial charge is 0.276 e. The molecular formula is C27H29N9O2. The van der Waals surface area contributed by atoms with Crippen molar-refractivity contribution in [2.75, 3.05) is 48.3 Å². The summed E-state index contributed by atoms with van der Waals surface area (Å²) in [6.07, 6.45) is 6.74. The van der Waals surface area contributed by atoms with E-state index in [9.17, 15) is 9.59 Å². The number of aryl methyl sites for hydroxylation is 1. The Balaban J connectivity index is 1.50. The number of likely N-dealkylation sites (N-methyl/N-ethyl adjacent to an activating group) is 1. The van der Waals surface area contributed by atoms with E-state index in [-0.39, 0.29) is 11.5 Å². The molecule has 2 aliphatic heterocycles. The Morgan fingerprint density at radius 3 is 2.76 bits per heavy atom. The van der Waals surface area contributed by atoms with Crippen LogP contribution in [0, 0.1) is 6.92 Å². The molecule has 1 N–H and O–H groups in total. The molecule has 1 amide bonds. The summed E-state index contributed by atoms with van der Waals surface area (Å²) >= 11 is 0. The number of nitrogens with zero attached hydrogens (tertiary/aromatic N) is 8. The lowest BCUT2D eigenvalue weighted by Crippen LogP contribution is -2.44. The van der Waals surface area contributed by atoms with Gasteiger partial charge >= 0.3 is 0 Å². The zero-order valence-electron chi connectivity index (χ0n) is 21.5. The van der Waals surface area contributed by atoms with Crippen LogP contribution < -0.4 is 20.7 Å². The van der Waals surface area contributed by atoms with Gasteiger partial charge in [0.2, 0.25) is 5.95 Å². The van der Waals surface area contributed by atoms with Crippen LogP contribution >= 0.6 is 0 Å². The van der Waals surface area contributed by atoms with Gasteiger partial charge in [-0.25, -0.2) is 4.98 Å². The number of pyridine rings is 1. The van der Waals surface area contributed by atoms with Crippen LogP contribution in [0.15, 0.2) is 60.3 Å². The number of carbonyl (C=O) groups excluding carboxylic acids is 1. The lowest BCUT2D eigenvalue weighted by Gasteiger charge is -2.38. The van der Waals surface area contributed by atoms with Crippen molar-refractivity contribution in [3.8, 4) is 0 Å². The van der Waals surface area contributed by atoms with Crippen LogP contribution in [0.25, 0.3) is 11.0 Å². The topological polar surface area (TPSA) is 104 Å². The zero-order valence-corrected chi connectivity index (χ0v) is 21.5. The van der Waals surface area contributed by atoms with Crippen LogP contribution in [-0.4, -0.2) is 68.3 Å². The maximum absolute atomic E-state index is 14.1. The SMILES string of the molecule is C=CC(=O)N1CCN(c2cc3cnc4nc3n(c2=O)CCN(C)CCn2cc(cn2)N4)c2cccc(C)c21. The number of para-hydroxylation sites is 1. The summed E-state index contributed by atoms with van der Waals surface area (Å²) in [6.45, 7) is 9.19. The zero-order chi connectivity index (χ0) is 26.4. The number of rotatable bonds is 2. The number of hydrogen-bond acceptors (Lipinski definition) is 8. The van der Waals surface area contributed by atoms with E-state index < -0.39 is 0 Å². The fourth-order valence-corrected chi connectivity index (χ4v) is 5.17. The molecule has 0 saturated carbocycles. The Labute approximate surface area is 219 Å². The van der Waals surface area contributed by atoms with E-state index in [2.05, 4.69) is 26.9 Å². The summed E-state index contributed by atoms with van der Waals surface area (Å²) in [5.41, 5.74) is 4.32. The normalized spacial score (nSPS) is 15.8. The average molecular weight is 512 g/mol. The first-order valence-corrected chi connectivity index (χ1v) is 12.6. The molecular weight excluding hydrogens is 482 g/mol. The predicted octanol–water partition coefficient (Wildman–Crippen LogP) is 2.66. The van der Waals surface area contributed by atoms with Crippen molar-refractivity contribution in [1.82, 2.24) is 29.2 Å². The minimum atomic E-state index is -0.157. The Kier molecular flexibility index (Phi) is 5.91. The van der Waals surface area contributed by atoms with Crippen molar-refractivity contribution >= 4 is 45.6 Å². The molecule has 11 heteroatoms. The van der Waals surface area contributed by atoms with Gasteiger partial charge in [0, 0.05) is 50.5 Å². The third kappa shape index (κ3) is 4.10. The summed E-state index contributed by atoms with van der Waals surface area (Å²) in [5.74, 6) is 0.248. The van der Waals surface area contributed by atoms with Gasteiger partial charge < -0.3 is 20.0 Å². The molecule has 5 heterocycles. The number of fused-ring (bicyclic) bond motifs is 4. The fourth-order valence-electron chi connectivity index (χ4n) is 5.17. The third-order valence-corrected chi connectivity index (χ3v) is 7.17. The van der Waals surface area contributed by atoms with Gasteiger partial charge in [0.05, 0.1) is 29.8 Å². The molecule has 4 aromatic rings. The molecule has 194 valence electrons. The van der Waals surface area contributed by atoms with E-state index >= 15 is 0 Å².